The fourth-order valence-corrected chi connectivity index (χ4v) is 3.20. The van der Waals surface area contributed by atoms with Crippen molar-refractivity contribution in [2.24, 2.45) is 5.41 Å². The first-order chi connectivity index (χ1) is 10.2. The lowest BCUT2D eigenvalue weighted by atomic mass is 9.83. The van der Waals surface area contributed by atoms with E-state index in [1.165, 1.54) is 25.7 Å². The summed E-state index contributed by atoms with van der Waals surface area (Å²) >= 11 is 0. The number of nitrogens with zero attached hydrogens (tertiary/aromatic N) is 4. The maximum atomic E-state index is 11.9. The zero-order valence-corrected chi connectivity index (χ0v) is 12.6. The van der Waals surface area contributed by atoms with E-state index in [-0.39, 0.29) is 6.03 Å². The summed E-state index contributed by atoms with van der Waals surface area (Å²) in [5.41, 5.74) is 0.312. The zero-order chi connectivity index (χ0) is 14.7. The Labute approximate surface area is 124 Å². The first-order valence-electron chi connectivity index (χ1n) is 8.01. The summed E-state index contributed by atoms with van der Waals surface area (Å²) in [7, 11) is 0. The third-order valence-corrected chi connectivity index (χ3v) is 4.90. The summed E-state index contributed by atoms with van der Waals surface area (Å²) in [6.07, 6.45) is 8.41. The third kappa shape index (κ3) is 3.33. The van der Waals surface area contributed by atoms with Gasteiger partial charge in [0, 0.05) is 6.54 Å². The lowest BCUT2D eigenvalue weighted by Crippen LogP contribution is -2.41. The van der Waals surface area contributed by atoms with Crippen LogP contribution in [0.2, 0.25) is 0 Å². The number of carbonyl (C=O) groups is 1. The van der Waals surface area contributed by atoms with E-state index in [2.05, 4.69) is 33.1 Å². The molecular weight excluding hydrogens is 268 g/mol. The molecule has 7 heteroatoms. The van der Waals surface area contributed by atoms with Crippen LogP contribution in [-0.2, 0) is 6.54 Å². The fourth-order valence-electron chi connectivity index (χ4n) is 3.20. The number of amides is 2. The van der Waals surface area contributed by atoms with Gasteiger partial charge in [-0.15, -0.1) is 5.10 Å². The number of hydrogen-bond acceptors (Lipinski definition) is 4. The van der Waals surface area contributed by atoms with Crippen LogP contribution in [0.25, 0.3) is 0 Å². The van der Waals surface area contributed by atoms with Gasteiger partial charge in [0.2, 0.25) is 0 Å². The summed E-state index contributed by atoms with van der Waals surface area (Å²) in [6, 6.07) is 0.307. The molecule has 2 aliphatic carbocycles. The molecule has 116 valence electrons. The van der Waals surface area contributed by atoms with Gasteiger partial charge in [0.25, 0.3) is 0 Å². The van der Waals surface area contributed by atoms with Crippen molar-refractivity contribution in [2.75, 3.05) is 6.54 Å². The Morgan fingerprint density at radius 1 is 1.33 bits per heavy atom. The minimum atomic E-state index is -0.125. The van der Waals surface area contributed by atoms with Crippen LogP contribution in [0.3, 0.4) is 0 Å². The average molecular weight is 292 g/mol. The van der Waals surface area contributed by atoms with Crippen LogP contribution in [0, 0.1) is 5.41 Å². The Morgan fingerprint density at radius 3 is 2.76 bits per heavy atom. The maximum Gasteiger partial charge on any atom is 0.315 e. The van der Waals surface area contributed by atoms with Crippen molar-refractivity contribution < 1.29 is 4.79 Å². The molecule has 1 aromatic heterocycles. The second-order valence-electron chi connectivity index (χ2n) is 6.37. The van der Waals surface area contributed by atoms with Crippen molar-refractivity contribution in [3.8, 4) is 0 Å². The predicted molar refractivity (Wildman–Crippen MR) is 77.5 cm³/mol. The van der Waals surface area contributed by atoms with Crippen LogP contribution in [0.4, 0.5) is 4.79 Å². The lowest BCUT2D eigenvalue weighted by Gasteiger charge is -2.27. The average Bonchev–Trinajstić information content (AvgIpc) is 3.05. The van der Waals surface area contributed by atoms with Crippen LogP contribution in [-0.4, -0.2) is 32.8 Å². The monoisotopic (exact) mass is 292 g/mol. The molecule has 0 saturated heterocycles. The van der Waals surface area contributed by atoms with Gasteiger partial charge in [-0.3, -0.25) is 0 Å². The van der Waals surface area contributed by atoms with E-state index < -0.39 is 0 Å². The highest BCUT2D eigenvalue weighted by molar-refractivity contribution is 5.73. The normalized spacial score (nSPS) is 20.4. The summed E-state index contributed by atoms with van der Waals surface area (Å²) < 4.78 is 1.82. The van der Waals surface area contributed by atoms with Crippen LogP contribution in [0.5, 0.6) is 0 Å². The molecule has 7 nitrogen and oxygen atoms in total. The number of hydrogen-bond donors (Lipinski definition) is 2. The van der Waals surface area contributed by atoms with Crippen LogP contribution in [0.15, 0.2) is 0 Å². The number of carbonyl (C=O) groups excluding carboxylic acids is 1. The Morgan fingerprint density at radius 2 is 2.10 bits per heavy atom. The van der Waals surface area contributed by atoms with Gasteiger partial charge in [0.1, 0.15) is 0 Å². The summed E-state index contributed by atoms with van der Waals surface area (Å²) in [5, 5.41) is 17.5. The number of rotatable bonds is 6. The summed E-state index contributed by atoms with van der Waals surface area (Å²) in [5.74, 6) is 0.735. The van der Waals surface area contributed by atoms with Crippen molar-refractivity contribution in [1.82, 2.24) is 30.8 Å². The van der Waals surface area contributed by atoms with E-state index in [1.807, 2.05) is 4.68 Å². The standard InChI is InChI=1S/C14H24N6O/c1-2-14(7-3-4-8-14)10-16-13(21)15-9-12-17-18-19-20(12)11-5-6-11/h11H,2-10H2,1H3,(H2,15,16,21). The molecule has 1 aromatic rings. The molecule has 2 N–H and O–H groups in total. The number of tetrazole rings is 1. The molecule has 2 saturated carbocycles. The van der Waals surface area contributed by atoms with E-state index in [0.717, 1.165) is 31.6 Å². The van der Waals surface area contributed by atoms with E-state index in [0.29, 0.717) is 18.0 Å². The molecule has 2 aliphatic rings. The molecule has 0 bridgehead atoms. The molecule has 0 radical (unpaired) electrons. The molecule has 1 heterocycles. The second-order valence-corrected chi connectivity index (χ2v) is 6.37. The van der Waals surface area contributed by atoms with E-state index in [1.54, 1.807) is 0 Å². The zero-order valence-electron chi connectivity index (χ0n) is 12.6. The van der Waals surface area contributed by atoms with Gasteiger partial charge in [-0.05, 0) is 47.9 Å². The highest BCUT2D eigenvalue weighted by Gasteiger charge is 2.32. The maximum absolute atomic E-state index is 11.9. The first kappa shape index (κ1) is 14.3. The van der Waals surface area contributed by atoms with Gasteiger partial charge in [0.15, 0.2) is 5.82 Å². The molecule has 0 aromatic carbocycles. The van der Waals surface area contributed by atoms with Crippen LogP contribution < -0.4 is 10.6 Å². The van der Waals surface area contributed by atoms with Crippen molar-refractivity contribution >= 4 is 6.03 Å². The summed E-state index contributed by atoms with van der Waals surface area (Å²) in [6.45, 7) is 3.37. The molecule has 0 atom stereocenters. The van der Waals surface area contributed by atoms with Gasteiger partial charge in [-0.25, -0.2) is 9.48 Å². The predicted octanol–water partition coefficient (Wildman–Crippen LogP) is 1.78. The van der Waals surface area contributed by atoms with Crippen molar-refractivity contribution in [3.63, 3.8) is 0 Å². The molecule has 0 spiro atoms. The summed E-state index contributed by atoms with van der Waals surface area (Å²) in [4.78, 5) is 11.9. The Bertz CT molecular complexity index is 489. The molecule has 3 rings (SSSR count). The minimum Gasteiger partial charge on any atom is -0.338 e. The first-order valence-corrected chi connectivity index (χ1v) is 8.01. The SMILES string of the molecule is CCC1(CNC(=O)NCc2nnnn2C2CC2)CCCC1. The Hall–Kier alpha value is -1.66. The van der Waals surface area contributed by atoms with Gasteiger partial charge in [-0.1, -0.05) is 19.8 Å². The topological polar surface area (TPSA) is 84.7 Å². The lowest BCUT2D eigenvalue weighted by molar-refractivity contribution is 0.224. The Balaban J connectivity index is 1.45. The highest BCUT2D eigenvalue weighted by Crippen LogP contribution is 2.40. The smallest absolute Gasteiger partial charge is 0.315 e. The highest BCUT2D eigenvalue weighted by atomic mass is 16.2. The number of nitrogens with one attached hydrogen (secondary N) is 2. The number of aromatic nitrogens is 4. The van der Waals surface area contributed by atoms with Crippen LogP contribution >= 0.6 is 0 Å². The Kier molecular flexibility index (Phi) is 4.07. The van der Waals surface area contributed by atoms with Crippen molar-refractivity contribution in [2.45, 2.75) is 64.5 Å². The van der Waals surface area contributed by atoms with Gasteiger partial charge in [-0.2, -0.15) is 0 Å². The number of urea groups is 1. The van der Waals surface area contributed by atoms with Gasteiger partial charge < -0.3 is 10.6 Å². The van der Waals surface area contributed by atoms with E-state index in [9.17, 15) is 4.79 Å². The van der Waals surface area contributed by atoms with Gasteiger partial charge >= 0.3 is 6.03 Å². The van der Waals surface area contributed by atoms with Crippen molar-refractivity contribution in [1.29, 1.82) is 0 Å². The fraction of sp³-hybridized carbons (Fsp3) is 0.857. The van der Waals surface area contributed by atoms with E-state index >= 15 is 0 Å². The molecule has 2 amide bonds. The molecule has 0 unspecified atom stereocenters. The van der Waals surface area contributed by atoms with Crippen LogP contribution in [0.1, 0.15) is 63.7 Å². The molecule has 21 heavy (non-hydrogen) atoms. The molecule has 2 fully saturated rings. The molecule has 0 aliphatic heterocycles. The van der Waals surface area contributed by atoms with Gasteiger partial charge in [0.05, 0.1) is 12.6 Å². The third-order valence-electron chi connectivity index (χ3n) is 4.90. The van der Waals surface area contributed by atoms with Crippen molar-refractivity contribution in [3.05, 3.63) is 5.82 Å². The second kappa shape index (κ2) is 5.99. The molecular formula is C14H24N6O. The largest absolute Gasteiger partial charge is 0.338 e. The van der Waals surface area contributed by atoms with E-state index in [4.69, 9.17) is 0 Å². The minimum absolute atomic E-state index is 0.125. The quantitative estimate of drug-likeness (QED) is 0.837.